The molecule has 7 heteroatoms. The third-order valence-electron chi connectivity index (χ3n) is 3.12. The number of nitrogens with one attached hydrogen (secondary N) is 2. The molecule has 0 bridgehead atoms. The van der Waals surface area contributed by atoms with E-state index in [2.05, 4.69) is 25.3 Å². The van der Waals surface area contributed by atoms with E-state index in [9.17, 15) is 0 Å². The van der Waals surface area contributed by atoms with Crippen LogP contribution in [0.1, 0.15) is 5.56 Å². The van der Waals surface area contributed by atoms with Crippen molar-refractivity contribution in [3.8, 4) is 5.75 Å². The summed E-state index contributed by atoms with van der Waals surface area (Å²) in [6.07, 6.45) is 2.44. The smallest absolute Gasteiger partial charge is 0.226 e. The number of benzene rings is 1. The zero-order chi connectivity index (χ0) is 14.7. The van der Waals surface area contributed by atoms with Gasteiger partial charge in [0.2, 0.25) is 5.28 Å². The topological polar surface area (TPSA) is 75.7 Å². The average molecular weight is 304 g/mol. The number of ether oxygens (including phenoxy) is 1. The predicted octanol–water partition coefficient (Wildman–Crippen LogP) is 2.67. The van der Waals surface area contributed by atoms with Crippen molar-refractivity contribution in [1.82, 2.24) is 19.9 Å². The van der Waals surface area contributed by atoms with Gasteiger partial charge in [0.15, 0.2) is 11.5 Å². The Kier molecular flexibility index (Phi) is 3.87. The minimum Gasteiger partial charge on any atom is -0.497 e. The highest BCUT2D eigenvalue weighted by molar-refractivity contribution is 6.28. The van der Waals surface area contributed by atoms with Crippen LogP contribution in [0.25, 0.3) is 11.2 Å². The molecule has 0 aliphatic rings. The highest BCUT2D eigenvalue weighted by Crippen LogP contribution is 2.18. The molecule has 3 rings (SSSR count). The highest BCUT2D eigenvalue weighted by atomic mass is 35.5. The van der Waals surface area contributed by atoms with Crippen LogP contribution in [-0.2, 0) is 6.42 Å². The van der Waals surface area contributed by atoms with Crippen LogP contribution >= 0.6 is 11.6 Å². The van der Waals surface area contributed by atoms with Gasteiger partial charge in [0.25, 0.3) is 0 Å². The van der Waals surface area contributed by atoms with E-state index in [4.69, 9.17) is 16.3 Å². The van der Waals surface area contributed by atoms with Crippen molar-refractivity contribution >= 4 is 28.6 Å². The molecule has 0 radical (unpaired) electrons. The number of rotatable bonds is 5. The first-order valence-electron chi connectivity index (χ1n) is 6.49. The van der Waals surface area contributed by atoms with E-state index >= 15 is 0 Å². The molecule has 0 fully saturated rings. The minimum absolute atomic E-state index is 0.182. The molecule has 108 valence electrons. The summed E-state index contributed by atoms with van der Waals surface area (Å²) in [5.74, 6) is 1.52. The molecule has 0 atom stereocenters. The van der Waals surface area contributed by atoms with Crippen molar-refractivity contribution in [3.63, 3.8) is 0 Å². The summed E-state index contributed by atoms with van der Waals surface area (Å²) in [5, 5.41) is 3.44. The van der Waals surface area contributed by atoms with Crippen LogP contribution in [0.15, 0.2) is 30.6 Å². The van der Waals surface area contributed by atoms with E-state index in [0.29, 0.717) is 11.5 Å². The number of nitrogens with zero attached hydrogens (tertiary/aromatic N) is 3. The quantitative estimate of drug-likeness (QED) is 0.709. The van der Waals surface area contributed by atoms with Gasteiger partial charge in [-0.3, -0.25) is 0 Å². The molecule has 0 saturated carbocycles. The van der Waals surface area contributed by atoms with Crippen LogP contribution in [-0.4, -0.2) is 33.6 Å². The lowest BCUT2D eigenvalue weighted by molar-refractivity contribution is 0.414. The molecule has 6 nitrogen and oxygen atoms in total. The molecule has 2 N–H and O–H groups in total. The molecule has 21 heavy (non-hydrogen) atoms. The lowest BCUT2D eigenvalue weighted by Gasteiger charge is -2.07. The maximum absolute atomic E-state index is 5.88. The largest absolute Gasteiger partial charge is 0.497 e. The van der Waals surface area contributed by atoms with Crippen LogP contribution in [0.3, 0.4) is 0 Å². The van der Waals surface area contributed by atoms with Crippen molar-refractivity contribution in [1.29, 1.82) is 0 Å². The zero-order valence-corrected chi connectivity index (χ0v) is 12.2. The predicted molar refractivity (Wildman–Crippen MR) is 81.9 cm³/mol. The molecule has 0 saturated heterocycles. The van der Waals surface area contributed by atoms with Gasteiger partial charge in [-0.05, 0) is 35.7 Å². The number of fused-ring (bicyclic) bond motifs is 1. The molecule has 0 aliphatic carbocycles. The van der Waals surface area contributed by atoms with Crippen LogP contribution in [0.5, 0.6) is 5.75 Å². The Bertz CT molecular complexity index is 741. The molecule has 2 aromatic heterocycles. The van der Waals surface area contributed by atoms with Gasteiger partial charge in [-0.2, -0.15) is 9.97 Å². The number of halogens is 1. The van der Waals surface area contributed by atoms with Crippen LogP contribution < -0.4 is 10.1 Å². The molecule has 0 amide bonds. The lowest BCUT2D eigenvalue weighted by atomic mass is 10.1. The molecule has 3 aromatic rings. The number of hydrogen-bond donors (Lipinski definition) is 2. The van der Waals surface area contributed by atoms with Gasteiger partial charge < -0.3 is 15.0 Å². The molecule has 0 aliphatic heterocycles. The first-order chi connectivity index (χ1) is 10.3. The fourth-order valence-electron chi connectivity index (χ4n) is 2.05. The third-order valence-corrected chi connectivity index (χ3v) is 3.29. The monoisotopic (exact) mass is 303 g/mol. The number of hydrogen-bond acceptors (Lipinski definition) is 5. The van der Waals surface area contributed by atoms with Gasteiger partial charge in [-0.25, -0.2) is 4.98 Å². The second kappa shape index (κ2) is 5.97. The van der Waals surface area contributed by atoms with E-state index in [-0.39, 0.29) is 5.28 Å². The van der Waals surface area contributed by atoms with Crippen LogP contribution in [0.4, 0.5) is 5.82 Å². The molecule has 0 spiro atoms. The van der Waals surface area contributed by atoms with Crippen LogP contribution in [0.2, 0.25) is 5.28 Å². The fraction of sp³-hybridized carbons (Fsp3) is 0.214. The third kappa shape index (κ3) is 3.05. The van der Waals surface area contributed by atoms with E-state index < -0.39 is 0 Å². The number of H-pyrrole nitrogens is 1. The average Bonchev–Trinajstić information content (AvgIpc) is 2.96. The Morgan fingerprint density at radius 3 is 2.81 bits per heavy atom. The van der Waals surface area contributed by atoms with Gasteiger partial charge in [0.1, 0.15) is 11.3 Å². The van der Waals surface area contributed by atoms with Crippen molar-refractivity contribution in [2.24, 2.45) is 0 Å². The number of aromatic amines is 1. The van der Waals surface area contributed by atoms with Crippen molar-refractivity contribution in [2.75, 3.05) is 19.0 Å². The Labute approximate surface area is 126 Å². The second-order valence-electron chi connectivity index (χ2n) is 4.47. The highest BCUT2D eigenvalue weighted by Gasteiger charge is 2.08. The van der Waals surface area contributed by atoms with Crippen molar-refractivity contribution < 1.29 is 4.74 Å². The summed E-state index contributed by atoms with van der Waals surface area (Å²) in [6, 6.07) is 7.98. The maximum atomic E-state index is 5.88. The second-order valence-corrected chi connectivity index (χ2v) is 4.81. The Morgan fingerprint density at radius 2 is 2.05 bits per heavy atom. The molecule has 1 aromatic carbocycles. The van der Waals surface area contributed by atoms with Gasteiger partial charge in [0, 0.05) is 6.54 Å². The van der Waals surface area contributed by atoms with E-state index in [1.807, 2.05) is 24.3 Å². The Balaban J connectivity index is 1.67. The SMILES string of the molecule is COc1ccc(CCNc2nc(Cl)nc3nc[nH]c23)cc1. The number of methoxy groups -OCH3 is 1. The maximum Gasteiger partial charge on any atom is 0.226 e. The van der Waals surface area contributed by atoms with E-state index in [0.717, 1.165) is 24.2 Å². The van der Waals surface area contributed by atoms with Crippen molar-refractivity contribution in [3.05, 3.63) is 41.4 Å². The molecular formula is C14H14ClN5O. The normalized spacial score (nSPS) is 10.8. The summed E-state index contributed by atoms with van der Waals surface area (Å²) in [4.78, 5) is 15.3. The summed E-state index contributed by atoms with van der Waals surface area (Å²) >= 11 is 5.88. The number of aromatic nitrogens is 4. The van der Waals surface area contributed by atoms with Crippen LogP contribution in [0, 0.1) is 0 Å². The molecular weight excluding hydrogens is 290 g/mol. The summed E-state index contributed by atoms with van der Waals surface area (Å²) in [7, 11) is 1.66. The fourth-order valence-corrected chi connectivity index (χ4v) is 2.22. The van der Waals surface area contributed by atoms with E-state index in [1.54, 1.807) is 13.4 Å². The summed E-state index contributed by atoms with van der Waals surface area (Å²) in [5.41, 5.74) is 2.53. The molecule has 2 heterocycles. The first kappa shape index (κ1) is 13.6. The van der Waals surface area contributed by atoms with Gasteiger partial charge in [-0.1, -0.05) is 12.1 Å². The van der Waals surface area contributed by atoms with E-state index in [1.165, 1.54) is 5.56 Å². The Morgan fingerprint density at radius 1 is 1.24 bits per heavy atom. The van der Waals surface area contributed by atoms with Gasteiger partial charge in [-0.15, -0.1) is 0 Å². The summed E-state index contributed by atoms with van der Waals surface area (Å²) in [6.45, 7) is 0.730. The summed E-state index contributed by atoms with van der Waals surface area (Å²) < 4.78 is 5.14. The number of anilines is 1. The standard InChI is InChI=1S/C14H14ClN5O/c1-21-10-4-2-9(3-5-10)6-7-16-12-11-13(18-8-17-11)20-14(15)19-12/h2-5,8H,6-7H2,1H3,(H2,16,17,18,19,20). The molecule has 0 unspecified atom stereocenters. The van der Waals surface area contributed by atoms with Gasteiger partial charge in [0.05, 0.1) is 13.4 Å². The minimum atomic E-state index is 0.182. The first-order valence-corrected chi connectivity index (χ1v) is 6.87. The zero-order valence-electron chi connectivity index (χ0n) is 11.4. The number of imidazole rings is 1. The Hall–Kier alpha value is -2.34. The lowest BCUT2D eigenvalue weighted by Crippen LogP contribution is -2.07. The van der Waals surface area contributed by atoms with Gasteiger partial charge >= 0.3 is 0 Å². The van der Waals surface area contributed by atoms with Crippen molar-refractivity contribution in [2.45, 2.75) is 6.42 Å².